The monoisotopic (exact) mass is 469 g/mol. The number of carbonyl (C=O) groups is 1. The minimum Gasteiger partial charge on any atom is -0.493 e. The van der Waals surface area contributed by atoms with Gasteiger partial charge in [0.2, 0.25) is 0 Å². The maximum Gasteiger partial charge on any atom is 0.341 e. The summed E-state index contributed by atoms with van der Waals surface area (Å²) in [4.78, 5) is 10.7. The average molecular weight is 470 g/mol. The molecule has 0 saturated heterocycles. The highest BCUT2D eigenvalue weighted by molar-refractivity contribution is 14.1. The lowest BCUT2D eigenvalue weighted by molar-refractivity contribution is -0.139. The molecule has 128 valence electrons. The lowest BCUT2D eigenvalue weighted by Crippen LogP contribution is -2.10. The van der Waals surface area contributed by atoms with Crippen molar-refractivity contribution in [3.05, 3.63) is 56.1 Å². The summed E-state index contributed by atoms with van der Waals surface area (Å²) in [6.45, 7) is -0.530. The minimum atomic E-state index is -1.12. The first-order valence-electron chi connectivity index (χ1n) is 7.04. The highest BCUT2D eigenvalue weighted by Gasteiger charge is 2.13. The number of carboxylic acid groups (broad SMARTS) is 1. The van der Waals surface area contributed by atoms with Crippen molar-refractivity contribution in [2.24, 2.45) is 0 Å². The van der Waals surface area contributed by atoms with Crippen LogP contribution in [0.25, 0.3) is 11.6 Å². The third kappa shape index (κ3) is 5.11. The van der Waals surface area contributed by atoms with E-state index >= 15 is 0 Å². The minimum absolute atomic E-state index is 0.150. The number of halogens is 2. The van der Waals surface area contributed by atoms with Gasteiger partial charge in [-0.1, -0.05) is 23.7 Å². The average Bonchev–Trinajstić information content (AvgIpc) is 2.59. The Kier molecular flexibility index (Phi) is 6.67. The van der Waals surface area contributed by atoms with Gasteiger partial charge in [-0.25, -0.2) is 4.79 Å². The summed E-state index contributed by atoms with van der Waals surface area (Å²) in [7, 11) is 1.43. The van der Waals surface area contributed by atoms with Crippen LogP contribution in [0.3, 0.4) is 0 Å². The maximum absolute atomic E-state index is 10.7. The molecule has 0 unspecified atom stereocenters. The lowest BCUT2D eigenvalue weighted by atomic mass is 10.0. The fourth-order valence-corrected chi connectivity index (χ4v) is 2.71. The van der Waals surface area contributed by atoms with E-state index < -0.39 is 12.6 Å². The SMILES string of the molecule is COc1cc(/C=C(/C#N)c2ccc(I)cc2)cc(Cl)c1OCC(=O)O. The Balaban J connectivity index is 2.41. The third-order valence-corrected chi connectivity index (χ3v) is 4.18. The van der Waals surface area contributed by atoms with Crippen LogP contribution >= 0.6 is 34.2 Å². The van der Waals surface area contributed by atoms with Gasteiger partial charge in [-0.05, 0) is 64.1 Å². The van der Waals surface area contributed by atoms with E-state index in [2.05, 4.69) is 28.7 Å². The molecule has 7 heteroatoms. The molecule has 0 aromatic heterocycles. The molecule has 1 N–H and O–H groups in total. The molecule has 0 radical (unpaired) electrons. The van der Waals surface area contributed by atoms with Crippen molar-refractivity contribution in [3.8, 4) is 17.6 Å². The van der Waals surface area contributed by atoms with Crippen molar-refractivity contribution in [1.82, 2.24) is 0 Å². The third-order valence-electron chi connectivity index (χ3n) is 3.18. The van der Waals surface area contributed by atoms with E-state index in [1.54, 1.807) is 18.2 Å². The van der Waals surface area contributed by atoms with Crippen LogP contribution in [0.2, 0.25) is 5.02 Å². The van der Waals surface area contributed by atoms with Crippen LogP contribution in [-0.2, 0) is 4.79 Å². The predicted molar refractivity (Wildman–Crippen MR) is 104 cm³/mol. The van der Waals surface area contributed by atoms with E-state index in [9.17, 15) is 10.1 Å². The van der Waals surface area contributed by atoms with Crippen molar-refractivity contribution in [1.29, 1.82) is 5.26 Å². The van der Waals surface area contributed by atoms with Gasteiger partial charge < -0.3 is 14.6 Å². The second-order valence-electron chi connectivity index (χ2n) is 4.89. The van der Waals surface area contributed by atoms with E-state index in [-0.39, 0.29) is 10.8 Å². The molecule has 2 rings (SSSR count). The van der Waals surface area contributed by atoms with Crippen LogP contribution in [0.5, 0.6) is 11.5 Å². The lowest BCUT2D eigenvalue weighted by Gasteiger charge is -2.12. The molecule has 2 aromatic rings. The second kappa shape index (κ2) is 8.74. The van der Waals surface area contributed by atoms with Gasteiger partial charge in [0, 0.05) is 3.57 Å². The van der Waals surface area contributed by atoms with E-state index in [1.165, 1.54) is 7.11 Å². The highest BCUT2D eigenvalue weighted by Crippen LogP contribution is 2.37. The van der Waals surface area contributed by atoms with Gasteiger partial charge in [0.1, 0.15) is 0 Å². The quantitative estimate of drug-likeness (QED) is 0.383. The second-order valence-corrected chi connectivity index (χ2v) is 6.55. The van der Waals surface area contributed by atoms with Crippen LogP contribution in [0, 0.1) is 14.9 Å². The van der Waals surface area contributed by atoms with Gasteiger partial charge in [-0.2, -0.15) is 5.26 Å². The van der Waals surface area contributed by atoms with Crippen LogP contribution < -0.4 is 9.47 Å². The zero-order chi connectivity index (χ0) is 18.4. The topological polar surface area (TPSA) is 79.5 Å². The van der Waals surface area contributed by atoms with Gasteiger partial charge in [0.15, 0.2) is 18.1 Å². The number of benzene rings is 2. The maximum atomic E-state index is 10.7. The first kappa shape index (κ1) is 19.1. The molecule has 0 spiro atoms. The molecule has 0 atom stereocenters. The van der Waals surface area contributed by atoms with Crippen molar-refractivity contribution >= 4 is 51.8 Å². The van der Waals surface area contributed by atoms with Gasteiger partial charge in [0.25, 0.3) is 0 Å². The zero-order valence-electron chi connectivity index (χ0n) is 13.1. The summed E-state index contributed by atoms with van der Waals surface area (Å²) in [5.41, 5.74) is 1.89. The fraction of sp³-hybridized carbons (Fsp3) is 0.111. The molecule has 2 aromatic carbocycles. The van der Waals surface area contributed by atoms with E-state index in [1.807, 2.05) is 24.3 Å². The summed E-state index contributed by atoms with van der Waals surface area (Å²) in [6, 6.07) is 12.9. The van der Waals surface area contributed by atoms with Crippen molar-refractivity contribution in [2.75, 3.05) is 13.7 Å². The molecular formula is C18H13ClINO4. The molecule has 5 nitrogen and oxygen atoms in total. The molecule has 0 fully saturated rings. The first-order chi connectivity index (χ1) is 11.9. The normalized spacial score (nSPS) is 10.9. The Morgan fingerprint density at radius 3 is 2.60 bits per heavy atom. The summed E-state index contributed by atoms with van der Waals surface area (Å²) >= 11 is 8.37. The highest BCUT2D eigenvalue weighted by atomic mass is 127. The Labute approximate surface area is 163 Å². The van der Waals surface area contributed by atoms with Crippen molar-refractivity contribution in [2.45, 2.75) is 0 Å². The standard InChI is InChI=1S/C18H13ClINO4/c1-24-16-8-11(7-15(19)18(16)25-10-17(22)23)6-13(9-21)12-2-4-14(20)5-3-12/h2-8H,10H2,1H3,(H,22,23)/b13-6-. The summed E-state index contributed by atoms with van der Waals surface area (Å²) in [5.74, 6) is -0.677. The molecule has 0 amide bonds. The smallest absolute Gasteiger partial charge is 0.341 e. The molecule has 0 saturated carbocycles. The number of nitriles is 1. The van der Waals surface area contributed by atoms with Gasteiger partial charge >= 0.3 is 5.97 Å². The van der Waals surface area contributed by atoms with Crippen LogP contribution in [0.1, 0.15) is 11.1 Å². The molecule has 0 heterocycles. The number of allylic oxidation sites excluding steroid dienone is 1. The number of carboxylic acids is 1. The molecular weight excluding hydrogens is 457 g/mol. The number of ether oxygens (including phenoxy) is 2. The van der Waals surface area contributed by atoms with E-state index in [0.717, 1.165) is 9.13 Å². The van der Waals surface area contributed by atoms with Gasteiger partial charge in [0.05, 0.1) is 23.8 Å². The number of nitrogens with zero attached hydrogens (tertiary/aromatic N) is 1. The largest absolute Gasteiger partial charge is 0.493 e. The van der Waals surface area contributed by atoms with Gasteiger partial charge in [-0.3, -0.25) is 0 Å². The number of hydrogen-bond donors (Lipinski definition) is 1. The molecule has 0 aliphatic rings. The summed E-state index contributed by atoms with van der Waals surface area (Å²) < 4.78 is 11.5. The van der Waals surface area contributed by atoms with Gasteiger partial charge in [-0.15, -0.1) is 0 Å². The first-order valence-corrected chi connectivity index (χ1v) is 8.50. The molecule has 0 aliphatic carbocycles. The Morgan fingerprint density at radius 2 is 2.04 bits per heavy atom. The number of aliphatic carboxylic acids is 1. The van der Waals surface area contributed by atoms with E-state index in [0.29, 0.717) is 16.9 Å². The Bertz CT molecular complexity index is 857. The molecule has 0 aliphatic heterocycles. The Hall–Kier alpha value is -2.24. The van der Waals surface area contributed by atoms with Crippen LogP contribution in [-0.4, -0.2) is 24.8 Å². The van der Waals surface area contributed by atoms with Crippen LogP contribution in [0.4, 0.5) is 0 Å². The Morgan fingerprint density at radius 1 is 1.36 bits per heavy atom. The summed E-state index contributed by atoms with van der Waals surface area (Å²) in [6.07, 6.45) is 1.68. The molecule has 0 bridgehead atoms. The van der Waals surface area contributed by atoms with E-state index in [4.69, 9.17) is 26.2 Å². The predicted octanol–water partition coefficient (Wildman–Crippen LogP) is 4.48. The summed E-state index contributed by atoms with van der Waals surface area (Å²) in [5, 5.41) is 18.4. The van der Waals surface area contributed by atoms with Crippen molar-refractivity contribution < 1.29 is 19.4 Å². The van der Waals surface area contributed by atoms with Crippen LogP contribution in [0.15, 0.2) is 36.4 Å². The fourth-order valence-electron chi connectivity index (χ4n) is 2.07. The number of hydrogen-bond acceptors (Lipinski definition) is 4. The molecule has 25 heavy (non-hydrogen) atoms. The number of rotatable bonds is 6. The zero-order valence-corrected chi connectivity index (χ0v) is 16.0. The number of methoxy groups -OCH3 is 1. The van der Waals surface area contributed by atoms with Crippen molar-refractivity contribution in [3.63, 3.8) is 0 Å².